The molecule has 1 aliphatic rings. The third kappa shape index (κ3) is 4.00. The number of likely N-dealkylation sites (tertiary alicyclic amines) is 1. The molecule has 1 fully saturated rings. The molecule has 2 aromatic rings. The predicted octanol–water partition coefficient (Wildman–Crippen LogP) is 1.88. The number of nitrogens with one attached hydrogen (secondary N) is 1. The van der Waals surface area contributed by atoms with Gasteiger partial charge in [0.05, 0.1) is 17.0 Å². The van der Waals surface area contributed by atoms with Gasteiger partial charge >= 0.3 is 0 Å². The fraction of sp³-hybridized carbons (Fsp3) is 0.526. The highest BCUT2D eigenvalue weighted by Gasteiger charge is 2.31. The maximum Gasteiger partial charge on any atom is 0.225 e. The Morgan fingerprint density at radius 3 is 2.76 bits per heavy atom. The Hall–Kier alpha value is -2.37. The van der Waals surface area contributed by atoms with Crippen LogP contribution in [0, 0.1) is 5.92 Å². The Balaban J connectivity index is 1.35. The molecule has 1 atom stereocenters. The van der Waals surface area contributed by atoms with E-state index in [0.717, 1.165) is 37.0 Å². The number of nitrogens with zero attached hydrogens (tertiary/aromatic N) is 3. The van der Waals surface area contributed by atoms with E-state index >= 15 is 0 Å². The number of carbonyl (C=O) groups excluding carboxylic acids is 2. The molecule has 0 aliphatic carbocycles. The summed E-state index contributed by atoms with van der Waals surface area (Å²) in [5.41, 5.74) is 2.21. The third-order valence-electron chi connectivity index (χ3n) is 4.97. The van der Waals surface area contributed by atoms with E-state index in [1.165, 1.54) is 5.52 Å². The highest BCUT2D eigenvalue weighted by atomic mass is 16.2. The number of benzene rings is 1. The van der Waals surface area contributed by atoms with Gasteiger partial charge in [0.2, 0.25) is 11.8 Å². The van der Waals surface area contributed by atoms with Crippen LogP contribution in [0.3, 0.4) is 0 Å². The second kappa shape index (κ2) is 7.68. The van der Waals surface area contributed by atoms with Crippen LogP contribution in [-0.2, 0) is 23.1 Å². The van der Waals surface area contributed by atoms with E-state index in [9.17, 15) is 9.59 Å². The molecule has 2 amide bonds. The van der Waals surface area contributed by atoms with Gasteiger partial charge in [0, 0.05) is 40.0 Å². The fourth-order valence-corrected chi connectivity index (χ4v) is 3.40. The molecular formula is C19H26N4O2. The number of amides is 2. The normalized spacial score (nSPS) is 17.4. The van der Waals surface area contributed by atoms with Crippen LogP contribution < -0.4 is 5.32 Å². The van der Waals surface area contributed by atoms with Gasteiger partial charge in [0.15, 0.2) is 0 Å². The van der Waals surface area contributed by atoms with Gasteiger partial charge in [0.25, 0.3) is 0 Å². The van der Waals surface area contributed by atoms with E-state index in [1.54, 1.807) is 11.9 Å². The third-order valence-corrected chi connectivity index (χ3v) is 4.97. The molecule has 6 heteroatoms. The highest BCUT2D eigenvalue weighted by molar-refractivity contribution is 5.89. The molecule has 6 nitrogen and oxygen atoms in total. The second-order valence-corrected chi connectivity index (χ2v) is 6.85. The van der Waals surface area contributed by atoms with Gasteiger partial charge in [-0.2, -0.15) is 0 Å². The van der Waals surface area contributed by atoms with E-state index in [4.69, 9.17) is 0 Å². The number of aromatic nitrogens is 2. The standard InChI is InChI=1S/C19H26N4O2/c1-22-13-14(12-18(22)24)19(25)20-11-7-3-4-10-17-21-15-8-5-6-9-16(15)23(17)2/h5-6,8-9,14H,3-4,7,10-13H2,1-2H3,(H,20,25)/t14-/m0/s1. The van der Waals surface area contributed by atoms with Crippen LogP contribution in [0.2, 0.25) is 0 Å². The van der Waals surface area contributed by atoms with Crippen molar-refractivity contribution in [3.63, 3.8) is 0 Å². The van der Waals surface area contributed by atoms with Crippen molar-refractivity contribution in [3.8, 4) is 0 Å². The summed E-state index contributed by atoms with van der Waals surface area (Å²) >= 11 is 0. The molecule has 1 aliphatic heterocycles. The quantitative estimate of drug-likeness (QED) is 0.781. The van der Waals surface area contributed by atoms with Gasteiger partial charge < -0.3 is 14.8 Å². The maximum atomic E-state index is 12.0. The molecule has 1 aromatic carbocycles. The maximum absolute atomic E-state index is 12.0. The molecule has 2 heterocycles. The summed E-state index contributed by atoms with van der Waals surface area (Å²) in [6.45, 7) is 1.22. The molecule has 1 aromatic heterocycles. The molecule has 1 N–H and O–H groups in total. The summed E-state index contributed by atoms with van der Waals surface area (Å²) in [5.74, 6) is 0.992. The average Bonchev–Trinajstić information content (AvgIpc) is 3.11. The number of imidazole rings is 1. The van der Waals surface area contributed by atoms with Crippen molar-refractivity contribution in [2.24, 2.45) is 13.0 Å². The van der Waals surface area contributed by atoms with Crippen molar-refractivity contribution in [1.29, 1.82) is 0 Å². The van der Waals surface area contributed by atoms with Crippen LogP contribution in [-0.4, -0.2) is 46.4 Å². The number of carbonyl (C=O) groups is 2. The SMILES string of the molecule is CN1C[C@@H](C(=O)NCCCCCc2nc3ccccc3n2C)CC1=O. The van der Waals surface area contributed by atoms with Gasteiger partial charge in [-0.3, -0.25) is 9.59 Å². The van der Waals surface area contributed by atoms with Gasteiger partial charge in [-0.1, -0.05) is 18.6 Å². The lowest BCUT2D eigenvalue weighted by Crippen LogP contribution is -2.32. The number of unbranched alkanes of at least 4 members (excludes halogenated alkanes) is 2. The lowest BCUT2D eigenvalue weighted by Gasteiger charge is -2.11. The minimum Gasteiger partial charge on any atom is -0.356 e. The number of rotatable bonds is 7. The average molecular weight is 342 g/mol. The molecule has 0 radical (unpaired) electrons. The minimum atomic E-state index is -0.183. The Labute approximate surface area is 148 Å². The van der Waals surface area contributed by atoms with Crippen LogP contribution >= 0.6 is 0 Å². The molecule has 0 bridgehead atoms. The lowest BCUT2D eigenvalue weighted by molar-refractivity contribution is -0.128. The molecule has 0 spiro atoms. The summed E-state index contributed by atoms with van der Waals surface area (Å²) in [6.07, 6.45) is 4.34. The van der Waals surface area contributed by atoms with Gasteiger partial charge in [-0.15, -0.1) is 0 Å². The Kier molecular flexibility index (Phi) is 5.36. The van der Waals surface area contributed by atoms with E-state index in [-0.39, 0.29) is 17.7 Å². The van der Waals surface area contributed by atoms with Crippen molar-refractivity contribution in [1.82, 2.24) is 19.8 Å². The first-order valence-corrected chi connectivity index (χ1v) is 8.98. The van der Waals surface area contributed by atoms with E-state index in [1.807, 2.05) is 18.2 Å². The van der Waals surface area contributed by atoms with Crippen molar-refractivity contribution in [2.45, 2.75) is 32.1 Å². The molecule has 0 unspecified atom stereocenters. The summed E-state index contributed by atoms with van der Waals surface area (Å²) in [4.78, 5) is 29.8. The Bertz CT molecular complexity index is 768. The topological polar surface area (TPSA) is 67.2 Å². The van der Waals surface area contributed by atoms with Gasteiger partial charge in [0.1, 0.15) is 5.82 Å². The molecule has 3 rings (SSSR count). The van der Waals surface area contributed by atoms with Crippen molar-refractivity contribution in [3.05, 3.63) is 30.1 Å². The van der Waals surface area contributed by atoms with Crippen LogP contribution in [0.15, 0.2) is 24.3 Å². The number of aryl methyl sites for hydroxylation is 2. The largest absolute Gasteiger partial charge is 0.356 e. The lowest BCUT2D eigenvalue weighted by atomic mass is 10.1. The molecule has 1 saturated heterocycles. The van der Waals surface area contributed by atoms with Crippen LogP contribution in [0.25, 0.3) is 11.0 Å². The Morgan fingerprint density at radius 2 is 2.04 bits per heavy atom. The first kappa shape index (κ1) is 17.5. The predicted molar refractivity (Wildman–Crippen MR) is 97.0 cm³/mol. The minimum absolute atomic E-state index is 0.00745. The molecular weight excluding hydrogens is 316 g/mol. The first-order chi connectivity index (χ1) is 12.1. The number of hydrogen-bond acceptors (Lipinski definition) is 3. The summed E-state index contributed by atoms with van der Waals surface area (Å²) in [6, 6.07) is 8.18. The zero-order valence-corrected chi connectivity index (χ0v) is 15.0. The van der Waals surface area contributed by atoms with E-state index in [2.05, 4.69) is 28.0 Å². The fourth-order valence-electron chi connectivity index (χ4n) is 3.40. The number of para-hydroxylation sites is 2. The van der Waals surface area contributed by atoms with Gasteiger partial charge in [-0.05, 0) is 25.0 Å². The summed E-state index contributed by atoms with van der Waals surface area (Å²) < 4.78 is 2.16. The number of fused-ring (bicyclic) bond motifs is 1. The highest BCUT2D eigenvalue weighted by Crippen LogP contribution is 2.17. The first-order valence-electron chi connectivity index (χ1n) is 8.98. The summed E-state index contributed by atoms with van der Waals surface area (Å²) in [5, 5.41) is 2.96. The van der Waals surface area contributed by atoms with Crippen LogP contribution in [0.1, 0.15) is 31.5 Å². The van der Waals surface area contributed by atoms with E-state index < -0.39 is 0 Å². The Morgan fingerprint density at radius 1 is 1.24 bits per heavy atom. The molecule has 25 heavy (non-hydrogen) atoms. The van der Waals surface area contributed by atoms with E-state index in [0.29, 0.717) is 19.5 Å². The number of hydrogen-bond donors (Lipinski definition) is 1. The van der Waals surface area contributed by atoms with Crippen LogP contribution in [0.4, 0.5) is 0 Å². The zero-order valence-electron chi connectivity index (χ0n) is 15.0. The molecule has 134 valence electrons. The second-order valence-electron chi connectivity index (χ2n) is 6.85. The van der Waals surface area contributed by atoms with Crippen molar-refractivity contribution >= 4 is 22.8 Å². The van der Waals surface area contributed by atoms with Crippen molar-refractivity contribution < 1.29 is 9.59 Å². The monoisotopic (exact) mass is 342 g/mol. The van der Waals surface area contributed by atoms with Gasteiger partial charge in [-0.25, -0.2) is 4.98 Å². The zero-order chi connectivity index (χ0) is 17.8. The molecule has 0 saturated carbocycles. The smallest absolute Gasteiger partial charge is 0.225 e. The summed E-state index contributed by atoms with van der Waals surface area (Å²) in [7, 11) is 3.81. The van der Waals surface area contributed by atoms with Crippen molar-refractivity contribution in [2.75, 3.05) is 20.1 Å². The van der Waals surface area contributed by atoms with Crippen LogP contribution in [0.5, 0.6) is 0 Å².